The van der Waals surface area contributed by atoms with E-state index in [2.05, 4.69) is 164 Å². The fourth-order valence-corrected chi connectivity index (χ4v) is 8.99. The molecular weight excluding hydrogens is 681 g/mol. The minimum Gasteiger partial charge on any atom is -0.316 e. The number of fused-ring (bicyclic) bond motifs is 5. The maximum absolute atomic E-state index is 5.09. The molecule has 0 N–H and O–H groups in total. The number of benzene rings is 8. The van der Waals surface area contributed by atoms with E-state index in [-0.39, 0.29) is 5.41 Å². The number of rotatable bonds is 5. The molecule has 4 nitrogen and oxygen atoms in total. The van der Waals surface area contributed by atoms with Gasteiger partial charge in [0, 0.05) is 39.4 Å². The quantitative estimate of drug-likeness (QED) is 0.178. The van der Waals surface area contributed by atoms with Gasteiger partial charge in [-0.05, 0) is 91.5 Å². The molecule has 0 fully saturated rings. The van der Waals surface area contributed by atoms with Gasteiger partial charge in [0.05, 0.1) is 5.69 Å². The third kappa shape index (κ3) is 4.96. The molecule has 0 radical (unpaired) electrons. The van der Waals surface area contributed by atoms with Gasteiger partial charge < -0.3 is 4.90 Å². The Balaban J connectivity index is 1.07. The molecule has 0 unspecified atom stereocenters. The van der Waals surface area contributed by atoms with Gasteiger partial charge in [0.25, 0.3) is 0 Å². The molecule has 0 saturated heterocycles. The van der Waals surface area contributed by atoms with Gasteiger partial charge in [0.15, 0.2) is 17.5 Å². The van der Waals surface area contributed by atoms with Crippen LogP contribution in [0.25, 0.3) is 84.0 Å². The molecule has 4 heteroatoms. The average molecular weight is 717 g/mol. The molecule has 2 aliphatic rings. The van der Waals surface area contributed by atoms with Crippen LogP contribution < -0.4 is 4.90 Å². The maximum Gasteiger partial charge on any atom is 0.164 e. The second kappa shape index (κ2) is 12.4. The van der Waals surface area contributed by atoms with Crippen molar-refractivity contribution in [3.63, 3.8) is 0 Å². The number of hydrogen-bond donors (Lipinski definition) is 0. The molecule has 56 heavy (non-hydrogen) atoms. The fraction of sp³-hybridized carbons (Fsp3) is 0.0577. The zero-order chi connectivity index (χ0) is 37.4. The van der Waals surface area contributed by atoms with Gasteiger partial charge in [-0.3, -0.25) is 0 Å². The summed E-state index contributed by atoms with van der Waals surface area (Å²) in [6.45, 7) is 4.79. The van der Waals surface area contributed by atoms with Gasteiger partial charge in [-0.15, -0.1) is 0 Å². The van der Waals surface area contributed by atoms with Gasteiger partial charge in [-0.2, -0.15) is 0 Å². The van der Waals surface area contributed by atoms with Crippen LogP contribution in [-0.4, -0.2) is 15.0 Å². The summed E-state index contributed by atoms with van der Waals surface area (Å²) in [5.74, 6) is 1.97. The van der Waals surface area contributed by atoms with E-state index in [0.29, 0.717) is 17.5 Å². The average Bonchev–Trinajstić information content (AvgIpc) is 3.49. The molecule has 0 amide bonds. The first-order valence-electron chi connectivity index (χ1n) is 19.2. The topological polar surface area (TPSA) is 41.9 Å². The first-order valence-corrected chi connectivity index (χ1v) is 19.2. The lowest BCUT2D eigenvalue weighted by molar-refractivity contribution is 0.661. The summed E-state index contributed by atoms with van der Waals surface area (Å²) in [7, 11) is 0. The highest BCUT2D eigenvalue weighted by atomic mass is 15.1. The molecule has 1 aromatic heterocycles. The van der Waals surface area contributed by atoms with E-state index >= 15 is 0 Å². The third-order valence-corrected chi connectivity index (χ3v) is 11.6. The first kappa shape index (κ1) is 32.3. The number of anilines is 2. The largest absolute Gasteiger partial charge is 0.316 e. The van der Waals surface area contributed by atoms with Crippen molar-refractivity contribution in [3.05, 3.63) is 193 Å². The van der Waals surface area contributed by atoms with Crippen LogP contribution in [0.1, 0.15) is 30.5 Å². The van der Waals surface area contributed by atoms with Gasteiger partial charge in [0.2, 0.25) is 0 Å². The summed E-state index contributed by atoms with van der Waals surface area (Å²) in [4.78, 5) is 17.5. The Labute approximate surface area is 326 Å². The molecule has 1 aliphatic heterocycles. The van der Waals surface area contributed by atoms with Crippen LogP contribution in [0.4, 0.5) is 11.4 Å². The number of aromatic nitrogens is 3. The van der Waals surface area contributed by atoms with E-state index in [1.807, 2.05) is 36.4 Å². The van der Waals surface area contributed by atoms with Gasteiger partial charge >= 0.3 is 0 Å². The van der Waals surface area contributed by atoms with Crippen molar-refractivity contribution in [2.24, 2.45) is 0 Å². The number of nitrogens with zero attached hydrogens (tertiary/aromatic N) is 4. The monoisotopic (exact) mass is 716 g/mol. The first-order chi connectivity index (χ1) is 27.5. The van der Waals surface area contributed by atoms with E-state index in [1.54, 1.807) is 0 Å². The number of para-hydroxylation sites is 1. The zero-order valence-corrected chi connectivity index (χ0v) is 31.1. The molecule has 2 heterocycles. The Bertz CT molecular complexity index is 2980. The van der Waals surface area contributed by atoms with Crippen molar-refractivity contribution in [3.8, 4) is 56.4 Å². The molecule has 0 saturated carbocycles. The summed E-state index contributed by atoms with van der Waals surface area (Å²) in [5.41, 5.74) is 14.0. The van der Waals surface area contributed by atoms with Crippen LogP contribution in [0.3, 0.4) is 0 Å². The summed E-state index contributed by atoms with van der Waals surface area (Å²) >= 11 is 0. The molecular formula is C52H36N4. The lowest BCUT2D eigenvalue weighted by atomic mass is 9.78. The van der Waals surface area contributed by atoms with Crippen molar-refractivity contribution < 1.29 is 0 Å². The predicted molar refractivity (Wildman–Crippen MR) is 232 cm³/mol. The maximum atomic E-state index is 5.09. The van der Waals surface area contributed by atoms with Crippen LogP contribution in [0, 0.1) is 0 Å². The van der Waals surface area contributed by atoms with Crippen molar-refractivity contribution >= 4 is 39.0 Å². The SMILES string of the molecule is CC1(C)c2cc(-c3ccc(-c4nc(-c5ccccc5)nc(-c5ccccc5)n4)c4ccccc34)ccc2-c2cc3cccc4c3c(c21)N(c1ccccc1)C=C4. The van der Waals surface area contributed by atoms with Gasteiger partial charge in [0.1, 0.15) is 0 Å². The van der Waals surface area contributed by atoms with Gasteiger partial charge in [-0.1, -0.05) is 153 Å². The minimum absolute atomic E-state index is 0.252. The van der Waals surface area contributed by atoms with Crippen LogP contribution in [0.15, 0.2) is 176 Å². The number of hydrogen-bond acceptors (Lipinski definition) is 4. The molecule has 0 atom stereocenters. The lowest BCUT2D eigenvalue weighted by Gasteiger charge is -2.33. The summed E-state index contributed by atoms with van der Waals surface area (Å²) in [6, 6.07) is 60.3. The van der Waals surface area contributed by atoms with E-state index in [1.165, 1.54) is 55.4 Å². The fourth-order valence-electron chi connectivity index (χ4n) is 8.99. The second-order valence-electron chi connectivity index (χ2n) is 15.2. The van der Waals surface area contributed by atoms with E-state index in [9.17, 15) is 0 Å². The summed E-state index contributed by atoms with van der Waals surface area (Å²) < 4.78 is 0. The zero-order valence-electron chi connectivity index (χ0n) is 31.1. The minimum atomic E-state index is -0.252. The molecule has 1 aliphatic carbocycles. The van der Waals surface area contributed by atoms with Gasteiger partial charge in [-0.25, -0.2) is 15.0 Å². The van der Waals surface area contributed by atoms with Crippen molar-refractivity contribution in [1.82, 2.24) is 15.0 Å². The molecule has 264 valence electrons. The molecule has 9 aromatic rings. The summed E-state index contributed by atoms with van der Waals surface area (Å²) in [5, 5.41) is 4.84. The Kier molecular flexibility index (Phi) is 7.17. The Morgan fingerprint density at radius 2 is 1.05 bits per heavy atom. The van der Waals surface area contributed by atoms with Crippen molar-refractivity contribution in [2.75, 3.05) is 4.90 Å². The van der Waals surface area contributed by atoms with Crippen molar-refractivity contribution in [2.45, 2.75) is 19.3 Å². The Morgan fingerprint density at radius 3 is 1.75 bits per heavy atom. The summed E-state index contributed by atoms with van der Waals surface area (Å²) in [6.07, 6.45) is 4.49. The predicted octanol–water partition coefficient (Wildman–Crippen LogP) is 13.3. The van der Waals surface area contributed by atoms with Crippen LogP contribution in [0.2, 0.25) is 0 Å². The molecule has 8 aromatic carbocycles. The van der Waals surface area contributed by atoms with Crippen molar-refractivity contribution in [1.29, 1.82) is 0 Å². The van der Waals surface area contributed by atoms with Crippen LogP contribution in [-0.2, 0) is 5.41 Å². The molecule has 0 bridgehead atoms. The highest BCUT2D eigenvalue weighted by Gasteiger charge is 2.40. The van der Waals surface area contributed by atoms with E-state index in [4.69, 9.17) is 15.0 Å². The highest BCUT2D eigenvalue weighted by Crippen LogP contribution is 2.57. The molecule has 0 spiro atoms. The smallest absolute Gasteiger partial charge is 0.164 e. The third-order valence-electron chi connectivity index (χ3n) is 11.6. The van der Waals surface area contributed by atoms with Crippen LogP contribution in [0.5, 0.6) is 0 Å². The Hall–Kier alpha value is -7.17. The molecule has 11 rings (SSSR count). The normalized spacial score (nSPS) is 13.6. The van der Waals surface area contributed by atoms with E-state index < -0.39 is 0 Å². The highest BCUT2D eigenvalue weighted by molar-refractivity contribution is 6.11. The standard InChI is InChI=1S/C52H36N4/c1-52(2)45-32-36(25-26-42(45)44-31-37-20-14-19-33-29-30-56(38-21-10-5-11-22-38)48(46(33)37)47(44)52)39-27-28-43(41-24-13-12-23-40(39)41)51-54-49(34-15-6-3-7-16-34)53-50(55-51)35-17-8-4-9-18-35/h3-32H,1-2H3. The Morgan fingerprint density at radius 1 is 0.464 bits per heavy atom. The van der Waals surface area contributed by atoms with Crippen LogP contribution >= 0.6 is 0 Å². The lowest BCUT2D eigenvalue weighted by Crippen LogP contribution is -2.22. The second-order valence-corrected chi connectivity index (χ2v) is 15.2. The van der Waals surface area contributed by atoms with E-state index in [0.717, 1.165) is 33.2 Å².